The molecule has 5 nitrogen and oxygen atoms in total. The van der Waals surface area contributed by atoms with Crippen LogP contribution >= 0.6 is 0 Å². The molecule has 0 spiro atoms. The maximum Gasteiger partial charge on any atom is 0.311 e. The SMILES string of the molecule is CCC(C(=O)O)c1ccccc1OS(C)(=O)=O. The summed E-state index contributed by atoms with van der Waals surface area (Å²) in [6, 6.07) is 6.25. The molecular formula is C11H14O5S. The van der Waals surface area contributed by atoms with Crippen LogP contribution in [0.2, 0.25) is 0 Å². The fourth-order valence-corrected chi connectivity index (χ4v) is 2.01. The van der Waals surface area contributed by atoms with Crippen molar-refractivity contribution in [1.29, 1.82) is 0 Å². The Morgan fingerprint density at radius 2 is 2.00 bits per heavy atom. The summed E-state index contributed by atoms with van der Waals surface area (Å²) in [5.41, 5.74) is 0.368. The summed E-state index contributed by atoms with van der Waals surface area (Å²) < 4.78 is 26.9. The molecule has 17 heavy (non-hydrogen) atoms. The van der Waals surface area contributed by atoms with Gasteiger partial charge in [-0.25, -0.2) is 0 Å². The van der Waals surface area contributed by atoms with Crippen LogP contribution in [0.1, 0.15) is 24.8 Å². The zero-order valence-corrected chi connectivity index (χ0v) is 10.4. The summed E-state index contributed by atoms with van der Waals surface area (Å²) in [6.07, 6.45) is 1.28. The van der Waals surface area contributed by atoms with Gasteiger partial charge in [0.05, 0.1) is 12.2 Å². The zero-order chi connectivity index (χ0) is 13.1. The molecule has 0 bridgehead atoms. The Labute approximate surface area is 100 Å². The highest BCUT2D eigenvalue weighted by Crippen LogP contribution is 2.29. The molecule has 0 radical (unpaired) electrons. The fraction of sp³-hybridized carbons (Fsp3) is 0.364. The van der Waals surface area contributed by atoms with E-state index >= 15 is 0 Å². The van der Waals surface area contributed by atoms with Gasteiger partial charge in [-0.15, -0.1) is 0 Å². The molecule has 0 aliphatic heterocycles. The smallest absolute Gasteiger partial charge is 0.311 e. The molecule has 0 fully saturated rings. The minimum Gasteiger partial charge on any atom is -0.481 e. The first-order valence-corrected chi connectivity index (χ1v) is 6.88. The van der Waals surface area contributed by atoms with Crippen molar-refractivity contribution in [2.45, 2.75) is 19.3 Å². The average molecular weight is 258 g/mol. The van der Waals surface area contributed by atoms with Crippen LogP contribution in [0, 0.1) is 0 Å². The van der Waals surface area contributed by atoms with E-state index in [1.807, 2.05) is 0 Å². The van der Waals surface area contributed by atoms with Crippen LogP contribution in [0.5, 0.6) is 5.75 Å². The summed E-state index contributed by atoms with van der Waals surface area (Å²) in [4.78, 5) is 11.0. The summed E-state index contributed by atoms with van der Waals surface area (Å²) in [5, 5.41) is 9.04. The number of aliphatic carboxylic acids is 1. The molecule has 0 aliphatic carbocycles. The third-order valence-corrected chi connectivity index (χ3v) is 2.72. The Morgan fingerprint density at radius 1 is 1.41 bits per heavy atom. The van der Waals surface area contributed by atoms with Gasteiger partial charge < -0.3 is 9.29 Å². The summed E-state index contributed by atoms with van der Waals surface area (Å²) >= 11 is 0. The normalized spacial score (nSPS) is 13.1. The Balaban J connectivity index is 3.19. The van der Waals surface area contributed by atoms with Crippen molar-refractivity contribution >= 4 is 16.1 Å². The van der Waals surface area contributed by atoms with Gasteiger partial charge in [-0.1, -0.05) is 25.1 Å². The Kier molecular flexibility index (Phi) is 4.11. The van der Waals surface area contributed by atoms with Gasteiger partial charge in [0.25, 0.3) is 0 Å². The molecule has 94 valence electrons. The number of hydrogen-bond donors (Lipinski definition) is 1. The van der Waals surface area contributed by atoms with Crippen LogP contribution in [0.15, 0.2) is 24.3 Å². The van der Waals surface area contributed by atoms with Gasteiger partial charge in [-0.05, 0) is 12.5 Å². The molecule has 0 heterocycles. The molecule has 0 saturated carbocycles. The second-order valence-corrected chi connectivity index (χ2v) is 5.20. The Hall–Kier alpha value is -1.56. The number of carboxylic acid groups (broad SMARTS) is 1. The van der Waals surface area contributed by atoms with Crippen molar-refractivity contribution < 1.29 is 22.5 Å². The van der Waals surface area contributed by atoms with Gasteiger partial charge in [0.1, 0.15) is 5.75 Å². The molecule has 0 amide bonds. The lowest BCUT2D eigenvalue weighted by atomic mass is 9.96. The van der Waals surface area contributed by atoms with E-state index in [1.165, 1.54) is 6.07 Å². The highest BCUT2D eigenvalue weighted by atomic mass is 32.2. The first kappa shape index (κ1) is 13.5. The van der Waals surface area contributed by atoms with Crippen molar-refractivity contribution in [2.75, 3.05) is 6.26 Å². The zero-order valence-electron chi connectivity index (χ0n) is 9.58. The van der Waals surface area contributed by atoms with Crippen LogP contribution in [-0.4, -0.2) is 25.7 Å². The molecule has 0 aliphatic rings. The molecule has 0 saturated heterocycles. The lowest BCUT2D eigenvalue weighted by Gasteiger charge is -2.14. The minimum absolute atomic E-state index is 0.0734. The van der Waals surface area contributed by atoms with E-state index in [4.69, 9.17) is 9.29 Å². The fourth-order valence-electron chi connectivity index (χ4n) is 1.53. The summed E-state index contributed by atoms with van der Waals surface area (Å²) in [6.45, 7) is 1.72. The van der Waals surface area contributed by atoms with E-state index in [0.717, 1.165) is 6.26 Å². The number of rotatable bonds is 5. The second kappa shape index (κ2) is 5.18. The first-order valence-electron chi connectivity index (χ1n) is 5.06. The number of hydrogen-bond acceptors (Lipinski definition) is 4. The monoisotopic (exact) mass is 258 g/mol. The van der Waals surface area contributed by atoms with Gasteiger partial charge in [-0.2, -0.15) is 8.42 Å². The molecule has 1 aromatic carbocycles. The van der Waals surface area contributed by atoms with Crippen LogP contribution < -0.4 is 4.18 Å². The minimum atomic E-state index is -3.66. The van der Waals surface area contributed by atoms with E-state index in [9.17, 15) is 13.2 Å². The molecular weight excluding hydrogens is 244 g/mol. The van der Waals surface area contributed by atoms with E-state index < -0.39 is 22.0 Å². The Bertz CT molecular complexity index is 506. The molecule has 1 atom stereocenters. The predicted molar refractivity (Wildman–Crippen MR) is 62.6 cm³/mol. The largest absolute Gasteiger partial charge is 0.481 e. The molecule has 0 aromatic heterocycles. The topological polar surface area (TPSA) is 80.7 Å². The highest BCUT2D eigenvalue weighted by Gasteiger charge is 2.22. The molecule has 1 unspecified atom stereocenters. The van der Waals surface area contributed by atoms with Gasteiger partial charge in [0.15, 0.2) is 0 Å². The van der Waals surface area contributed by atoms with Crippen LogP contribution in [0.25, 0.3) is 0 Å². The van der Waals surface area contributed by atoms with Crippen molar-refractivity contribution in [3.63, 3.8) is 0 Å². The van der Waals surface area contributed by atoms with E-state index in [0.29, 0.717) is 12.0 Å². The number of carbonyl (C=O) groups is 1. The third-order valence-electron chi connectivity index (χ3n) is 2.24. The van der Waals surface area contributed by atoms with Crippen LogP contribution in [-0.2, 0) is 14.9 Å². The Morgan fingerprint density at radius 3 is 2.47 bits per heavy atom. The van der Waals surface area contributed by atoms with Crippen LogP contribution in [0.4, 0.5) is 0 Å². The van der Waals surface area contributed by atoms with Gasteiger partial charge in [0.2, 0.25) is 0 Å². The lowest BCUT2D eigenvalue weighted by Crippen LogP contribution is -2.14. The average Bonchev–Trinajstić information content (AvgIpc) is 2.18. The second-order valence-electron chi connectivity index (χ2n) is 3.62. The highest BCUT2D eigenvalue weighted by molar-refractivity contribution is 7.86. The lowest BCUT2D eigenvalue weighted by molar-refractivity contribution is -0.138. The molecule has 6 heteroatoms. The van der Waals surface area contributed by atoms with E-state index in [2.05, 4.69) is 0 Å². The van der Waals surface area contributed by atoms with Crippen molar-refractivity contribution in [2.24, 2.45) is 0 Å². The van der Waals surface area contributed by atoms with Gasteiger partial charge in [-0.3, -0.25) is 4.79 Å². The van der Waals surface area contributed by atoms with Crippen molar-refractivity contribution in [3.05, 3.63) is 29.8 Å². The summed E-state index contributed by atoms with van der Waals surface area (Å²) in [5.74, 6) is -1.70. The maximum absolute atomic E-state index is 11.1. The number of benzene rings is 1. The van der Waals surface area contributed by atoms with Crippen molar-refractivity contribution in [3.8, 4) is 5.75 Å². The van der Waals surface area contributed by atoms with E-state index in [1.54, 1.807) is 25.1 Å². The molecule has 1 aromatic rings. The first-order chi connectivity index (χ1) is 7.85. The maximum atomic E-state index is 11.1. The number of carboxylic acids is 1. The number of para-hydroxylation sites is 1. The van der Waals surface area contributed by atoms with E-state index in [-0.39, 0.29) is 5.75 Å². The molecule has 1 N–H and O–H groups in total. The summed E-state index contributed by atoms with van der Waals surface area (Å²) in [7, 11) is -3.66. The van der Waals surface area contributed by atoms with Crippen LogP contribution in [0.3, 0.4) is 0 Å². The predicted octanol–water partition coefficient (Wildman–Crippen LogP) is 1.60. The molecule has 1 rings (SSSR count). The van der Waals surface area contributed by atoms with Gasteiger partial charge >= 0.3 is 16.1 Å². The quantitative estimate of drug-likeness (QED) is 0.811. The standard InChI is InChI=1S/C11H14O5S/c1-3-8(11(12)13)9-6-4-5-7-10(9)16-17(2,14)15/h4-8H,3H2,1-2H3,(H,12,13). The van der Waals surface area contributed by atoms with Crippen molar-refractivity contribution in [1.82, 2.24) is 0 Å². The third kappa shape index (κ3) is 3.74. The van der Waals surface area contributed by atoms with Gasteiger partial charge in [0, 0.05) is 5.56 Å².